The average molecular weight is 338 g/mol. The van der Waals surface area contributed by atoms with Crippen molar-refractivity contribution < 1.29 is 9.53 Å². The highest BCUT2D eigenvalue weighted by Gasteiger charge is 2.10. The summed E-state index contributed by atoms with van der Waals surface area (Å²) in [6, 6.07) is 11.4. The molecule has 2 heterocycles. The van der Waals surface area contributed by atoms with Gasteiger partial charge in [0.15, 0.2) is 5.13 Å². The van der Waals surface area contributed by atoms with Gasteiger partial charge >= 0.3 is 0 Å². The third kappa shape index (κ3) is 2.81. The van der Waals surface area contributed by atoms with Gasteiger partial charge in [0.2, 0.25) is 5.91 Å². The van der Waals surface area contributed by atoms with E-state index in [1.54, 1.807) is 13.4 Å². The van der Waals surface area contributed by atoms with Gasteiger partial charge in [0.25, 0.3) is 0 Å². The zero-order valence-electron chi connectivity index (χ0n) is 12.9. The van der Waals surface area contributed by atoms with Crippen LogP contribution < -0.4 is 10.1 Å². The molecule has 0 aliphatic heterocycles. The molecule has 4 rings (SSSR count). The van der Waals surface area contributed by atoms with E-state index in [4.69, 9.17) is 4.74 Å². The lowest BCUT2D eigenvalue weighted by Gasteiger charge is -2.02. The summed E-state index contributed by atoms with van der Waals surface area (Å²) in [4.78, 5) is 23.9. The van der Waals surface area contributed by atoms with E-state index in [9.17, 15) is 4.79 Å². The number of methoxy groups -OCH3 is 1. The maximum absolute atomic E-state index is 12.3. The van der Waals surface area contributed by atoms with Gasteiger partial charge in [-0.2, -0.15) is 0 Å². The first-order chi connectivity index (χ1) is 11.7. The molecule has 0 fully saturated rings. The van der Waals surface area contributed by atoms with Gasteiger partial charge in [0.05, 0.1) is 41.1 Å². The molecule has 1 amide bonds. The molecule has 0 aliphatic rings. The zero-order chi connectivity index (χ0) is 16.5. The number of fused-ring (bicyclic) bond motifs is 2. The number of hydrogen-bond donors (Lipinski definition) is 2. The number of aromatic nitrogens is 3. The summed E-state index contributed by atoms with van der Waals surface area (Å²) in [5.41, 5.74) is 3.58. The molecule has 0 saturated carbocycles. The Morgan fingerprint density at radius 3 is 3.00 bits per heavy atom. The van der Waals surface area contributed by atoms with E-state index in [0.717, 1.165) is 32.6 Å². The first kappa shape index (κ1) is 14.6. The molecule has 0 bridgehead atoms. The van der Waals surface area contributed by atoms with Gasteiger partial charge < -0.3 is 15.0 Å². The summed E-state index contributed by atoms with van der Waals surface area (Å²) in [7, 11) is 1.63. The maximum Gasteiger partial charge on any atom is 0.230 e. The number of nitrogens with zero attached hydrogens (tertiary/aromatic N) is 2. The number of hydrogen-bond acceptors (Lipinski definition) is 5. The highest BCUT2D eigenvalue weighted by atomic mass is 32.1. The number of carbonyl (C=O) groups excluding carboxylic acids is 1. The number of imidazole rings is 1. The van der Waals surface area contributed by atoms with Crippen molar-refractivity contribution in [1.82, 2.24) is 15.0 Å². The Kier molecular flexibility index (Phi) is 3.62. The fourth-order valence-corrected chi connectivity index (χ4v) is 3.44. The van der Waals surface area contributed by atoms with Crippen molar-refractivity contribution in [2.45, 2.75) is 6.42 Å². The van der Waals surface area contributed by atoms with E-state index in [2.05, 4.69) is 20.3 Å². The lowest BCUT2D eigenvalue weighted by atomic mass is 10.1. The molecular weight excluding hydrogens is 324 g/mol. The maximum atomic E-state index is 12.3. The van der Waals surface area contributed by atoms with E-state index in [1.807, 2.05) is 36.4 Å². The molecule has 2 aromatic heterocycles. The second kappa shape index (κ2) is 5.93. The standard InChI is InChI=1S/C17H14N4O2S/c1-23-11-3-5-13-15(8-11)24-17(20-13)21-16(22)7-10-2-4-12-14(6-10)19-9-18-12/h2-6,8-9H,7H2,1H3,(H,18,19)(H,20,21,22). The Labute approximate surface area is 141 Å². The lowest BCUT2D eigenvalue weighted by molar-refractivity contribution is -0.115. The van der Waals surface area contributed by atoms with Gasteiger partial charge in [-0.3, -0.25) is 4.79 Å². The smallest absolute Gasteiger partial charge is 0.230 e. The number of aromatic amines is 1. The molecule has 0 saturated heterocycles. The highest BCUT2D eigenvalue weighted by Crippen LogP contribution is 2.29. The normalized spacial score (nSPS) is 11.0. The van der Waals surface area contributed by atoms with Gasteiger partial charge in [-0.05, 0) is 35.9 Å². The largest absolute Gasteiger partial charge is 0.497 e. The molecule has 2 aromatic carbocycles. The van der Waals surface area contributed by atoms with Crippen molar-refractivity contribution >= 4 is 43.6 Å². The van der Waals surface area contributed by atoms with Gasteiger partial charge in [0, 0.05) is 0 Å². The Morgan fingerprint density at radius 2 is 2.12 bits per heavy atom. The van der Waals surface area contributed by atoms with Crippen LogP contribution in [0.4, 0.5) is 5.13 Å². The molecule has 6 nitrogen and oxygen atoms in total. The molecule has 0 atom stereocenters. The first-order valence-electron chi connectivity index (χ1n) is 7.38. The van der Waals surface area contributed by atoms with E-state index < -0.39 is 0 Å². The molecule has 2 N–H and O–H groups in total. The van der Waals surface area contributed by atoms with Gasteiger partial charge in [0.1, 0.15) is 5.75 Å². The molecule has 120 valence electrons. The fraction of sp³-hybridized carbons (Fsp3) is 0.118. The van der Waals surface area contributed by atoms with Gasteiger partial charge in [-0.15, -0.1) is 0 Å². The van der Waals surface area contributed by atoms with Gasteiger partial charge in [-0.25, -0.2) is 9.97 Å². The SMILES string of the molecule is COc1ccc2nc(NC(=O)Cc3ccc4nc[nH]c4c3)sc2c1. The number of rotatable bonds is 4. The third-order valence-corrected chi connectivity index (χ3v) is 4.62. The van der Waals surface area contributed by atoms with Crippen molar-refractivity contribution in [2.75, 3.05) is 12.4 Å². The number of carbonyl (C=O) groups is 1. The number of H-pyrrole nitrogens is 1. The number of nitrogens with one attached hydrogen (secondary N) is 2. The van der Waals surface area contributed by atoms with Crippen LogP contribution in [-0.4, -0.2) is 28.0 Å². The number of thiazole rings is 1. The van der Waals surface area contributed by atoms with Crippen molar-refractivity contribution in [3.8, 4) is 5.75 Å². The number of ether oxygens (including phenoxy) is 1. The summed E-state index contributed by atoms with van der Waals surface area (Å²) < 4.78 is 6.18. The second-order valence-corrected chi connectivity index (χ2v) is 6.36. The summed E-state index contributed by atoms with van der Waals surface area (Å²) in [5.74, 6) is 0.678. The quantitative estimate of drug-likeness (QED) is 0.598. The second-order valence-electron chi connectivity index (χ2n) is 5.33. The van der Waals surface area contributed by atoms with E-state index in [1.165, 1.54) is 11.3 Å². The highest BCUT2D eigenvalue weighted by molar-refractivity contribution is 7.22. The van der Waals surface area contributed by atoms with Crippen LogP contribution in [0.5, 0.6) is 5.75 Å². The molecule has 0 spiro atoms. The van der Waals surface area contributed by atoms with Crippen molar-refractivity contribution in [3.05, 3.63) is 48.3 Å². The Morgan fingerprint density at radius 1 is 1.25 bits per heavy atom. The summed E-state index contributed by atoms with van der Waals surface area (Å²) >= 11 is 1.43. The molecule has 0 unspecified atom stereocenters. The van der Waals surface area contributed by atoms with E-state index in [0.29, 0.717) is 5.13 Å². The number of benzene rings is 2. The average Bonchev–Trinajstić information content (AvgIpc) is 3.19. The molecular formula is C17H14N4O2S. The van der Waals surface area contributed by atoms with Gasteiger partial charge in [-0.1, -0.05) is 17.4 Å². The third-order valence-electron chi connectivity index (χ3n) is 3.69. The summed E-state index contributed by atoms with van der Waals surface area (Å²) in [6.07, 6.45) is 1.93. The van der Waals surface area contributed by atoms with Crippen LogP contribution in [0.25, 0.3) is 21.3 Å². The van der Waals surface area contributed by atoms with E-state index in [-0.39, 0.29) is 12.3 Å². The predicted octanol–water partition coefficient (Wildman–Crippen LogP) is 3.36. The molecule has 0 radical (unpaired) electrons. The van der Waals surface area contributed by atoms with Crippen molar-refractivity contribution in [2.24, 2.45) is 0 Å². The number of amides is 1. The topological polar surface area (TPSA) is 79.9 Å². The Bertz CT molecular complexity index is 1040. The van der Waals surface area contributed by atoms with Crippen LogP contribution in [0.15, 0.2) is 42.7 Å². The zero-order valence-corrected chi connectivity index (χ0v) is 13.7. The van der Waals surface area contributed by atoms with Crippen molar-refractivity contribution in [1.29, 1.82) is 0 Å². The molecule has 4 aromatic rings. The summed E-state index contributed by atoms with van der Waals surface area (Å²) in [5, 5.41) is 3.45. The minimum absolute atomic E-state index is 0.0973. The Balaban J connectivity index is 1.50. The Hall–Kier alpha value is -2.93. The number of anilines is 1. The monoisotopic (exact) mass is 338 g/mol. The van der Waals surface area contributed by atoms with E-state index >= 15 is 0 Å². The van der Waals surface area contributed by atoms with Crippen LogP contribution in [-0.2, 0) is 11.2 Å². The lowest BCUT2D eigenvalue weighted by Crippen LogP contribution is -2.14. The molecule has 0 aliphatic carbocycles. The van der Waals surface area contributed by atoms with Crippen LogP contribution in [0.2, 0.25) is 0 Å². The van der Waals surface area contributed by atoms with Crippen LogP contribution >= 0.6 is 11.3 Å². The fourth-order valence-electron chi connectivity index (χ4n) is 2.53. The van der Waals surface area contributed by atoms with Crippen LogP contribution in [0, 0.1) is 0 Å². The minimum Gasteiger partial charge on any atom is -0.497 e. The van der Waals surface area contributed by atoms with Crippen molar-refractivity contribution in [3.63, 3.8) is 0 Å². The molecule has 7 heteroatoms. The van der Waals surface area contributed by atoms with Crippen LogP contribution in [0.3, 0.4) is 0 Å². The summed E-state index contributed by atoms with van der Waals surface area (Å²) in [6.45, 7) is 0. The predicted molar refractivity (Wildman–Crippen MR) is 94.6 cm³/mol. The molecule has 24 heavy (non-hydrogen) atoms. The van der Waals surface area contributed by atoms with Crippen LogP contribution in [0.1, 0.15) is 5.56 Å². The minimum atomic E-state index is -0.0973. The first-order valence-corrected chi connectivity index (χ1v) is 8.19.